The molecule has 0 radical (unpaired) electrons. The molecule has 0 aliphatic heterocycles. The van der Waals surface area contributed by atoms with Gasteiger partial charge in [-0.1, -0.05) is 33.4 Å². The van der Waals surface area contributed by atoms with Gasteiger partial charge in [0.15, 0.2) is 0 Å². The normalized spacial score (nSPS) is 13.4. The van der Waals surface area contributed by atoms with Crippen LogP contribution in [0.15, 0.2) is 24.6 Å². The second-order valence-electron chi connectivity index (χ2n) is 11.5. The van der Waals surface area contributed by atoms with Gasteiger partial charge >= 0.3 is 0 Å². The van der Waals surface area contributed by atoms with Gasteiger partial charge in [-0.15, -0.1) is 0 Å². The van der Waals surface area contributed by atoms with Gasteiger partial charge in [-0.2, -0.15) is 0 Å². The number of hydrogen-bond acceptors (Lipinski definition) is 11. The second kappa shape index (κ2) is 26.8. The van der Waals surface area contributed by atoms with E-state index in [1.54, 1.807) is 7.05 Å². The molecule has 0 heterocycles. The van der Waals surface area contributed by atoms with E-state index in [2.05, 4.69) is 49.6 Å². The molecule has 4 unspecified atom stereocenters. The molecule has 8 N–H and O–H groups in total. The third kappa shape index (κ3) is 22.9. The second-order valence-corrected chi connectivity index (χ2v) is 11.5. The van der Waals surface area contributed by atoms with Crippen molar-refractivity contribution in [1.29, 1.82) is 0 Å². The predicted octanol–water partition coefficient (Wildman–Crippen LogP) is 1.86. The van der Waals surface area contributed by atoms with Crippen molar-refractivity contribution in [2.24, 2.45) is 17.6 Å². The van der Waals surface area contributed by atoms with E-state index in [-0.39, 0.29) is 25.8 Å². The van der Waals surface area contributed by atoms with Gasteiger partial charge in [0.25, 0.3) is 0 Å². The van der Waals surface area contributed by atoms with Gasteiger partial charge in [0, 0.05) is 57.3 Å². The standard InChI is InChI=1S/C22H44N4O4.C9H18N2O3/c1-16(2)25(7)14-18(4)17(3)10-13-24-19(5)8-9-22(29)26(30)15-21(28)20(27)11-12-23-6;10-6-2-1-3-7-11(14)9(13)5-4-8-12/h17-18,20-21,23-24,27-28,30H,1,5,8-15H2,2-4,6-7H3;8,14H,1-7,10H2. The predicted molar refractivity (Wildman–Crippen MR) is 173 cm³/mol. The number of hydroxylamine groups is 4. The van der Waals surface area contributed by atoms with Gasteiger partial charge in [-0.3, -0.25) is 20.0 Å². The van der Waals surface area contributed by atoms with E-state index < -0.39 is 24.0 Å². The Bertz CT molecular complexity index is 816. The molecule has 0 aromatic rings. The summed E-state index contributed by atoms with van der Waals surface area (Å²) < 4.78 is 0. The van der Waals surface area contributed by atoms with Gasteiger partial charge in [-0.25, -0.2) is 10.1 Å². The van der Waals surface area contributed by atoms with Gasteiger partial charge in [-0.05, 0) is 71.0 Å². The smallest absolute Gasteiger partial charge is 0.246 e. The quantitative estimate of drug-likeness (QED) is 0.0337. The lowest BCUT2D eigenvalue weighted by Gasteiger charge is -2.27. The van der Waals surface area contributed by atoms with Crippen molar-refractivity contribution in [3.05, 3.63) is 24.6 Å². The molecular formula is C31H62N6O7. The summed E-state index contributed by atoms with van der Waals surface area (Å²) in [5.74, 6) is 0.145. The fourth-order valence-corrected chi connectivity index (χ4v) is 3.91. The number of aliphatic hydroxyl groups is 2. The van der Waals surface area contributed by atoms with Gasteiger partial charge in [0.1, 0.15) is 6.29 Å². The maximum atomic E-state index is 12.0. The number of aliphatic hydroxyl groups excluding tert-OH is 2. The van der Waals surface area contributed by atoms with Gasteiger partial charge < -0.3 is 36.3 Å². The van der Waals surface area contributed by atoms with E-state index in [0.29, 0.717) is 60.7 Å². The maximum Gasteiger partial charge on any atom is 0.246 e. The van der Waals surface area contributed by atoms with E-state index in [9.17, 15) is 35.0 Å². The zero-order valence-electron chi connectivity index (χ0n) is 27.8. The van der Waals surface area contributed by atoms with Crippen LogP contribution in [0.2, 0.25) is 0 Å². The molecule has 0 saturated heterocycles. The maximum absolute atomic E-state index is 12.0. The minimum atomic E-state index is -1.19. The minimum Gasteiger partial charge on any atom is -0.390 e. The van der Waals surface area contributed by atoms with Crippen LogP contribution in [0.25, 0.3) is 0 Å². The summed E-state index contributed by atoms with van der Waals surface area (Å²) in [6.07, 6.45) is 3.05. The van der Waals surface area contributed by atoms with Crippen LogP contribution in [0.4, 0.5) is 0 Å². The molecule has 0 aromatic carbocycles. The van der Waals surface area contributed by atoms with Crippen LogP contribution in [0, 0.1) is 11.8 Å². The molecule has 0 spiro atoms. The Balaban J connectivity index is 0. The molecule has 0 bridgehead atoms. The van der Waals surface area contributed by atoms with Crippen molar-refractivity contribution < 1.29 is 35.0 Å². The molecule has 0 aliphatic rings. The van der Waals surface area contributed by atoms with Crippen molar-refractivity contribution in [2.75, 3.05) is 53.4 Å². The van der Waals surface area contributed by atoms with Crippen LogP contribution in [0.5, 0.6) is 0 Å². The van der Waals surface area contributed by atoms with E-state index in [1.807, 2.05) is 6.92 Å². The van der Waals surface area contributed by atoms with Gasteiger partial charge in [0.05, 0.1) is 18.8 Å². The van der Waals surface area contributed by atoms with Crippen LogP contribution in [0.3, 0.4) is 0 Å². The summed E-state index contributed by atoms with van der Waals surface area (Å²) in [5.41, 5.74) is 7.09. The number of allylic oxidation sites excluding steroid dienone is 2. The number of aldehydes is 1. The van der Waals surface area contributed by atoms with Crippen molar-refractivity contribution >= 4 is 18.1 Å². The first-order valence-corrected chi connectivity index (χ1v) is 15.6. The average Bonchev–Trinajstić information content (AvgIpc) is 2.99. The number of hydrogen-bond donors (Lipinski definition) is 7. The molecule has 4 atom stereocenters. The molecule has 258 valence electrons. The highest BCUT2D eigenvalue weighted by Crippen LogP contribution is 2.17. The van der Waals surface area contributed by atoms with Crippen molar-refractivity contribution in [2.45, 2.75) is 90.8 Å². The summed E-state index contributed by atoms with van der Waals surface area (Å²) >= 11 is 0. The molecule has 0 saturated carbocycles. The highest BCUT2D eigenvalue weighted by Gasteiger charge is 2.22. The Morgan fingerprint density at radius 3 is 2.09 bits per heavy atom. The van der Waals surface area contributed by atoms with E-state index in [1.165, 1.54) is 0 Å². The summed E-state index contributed by atoms with van der Waals surface area (Å²) in [6.45, 7) is 17.3. The van der Waals surface area contributed by atoms with Crippen LogP contribution in [0.1, 0.15) is 78.6 Å². The third-order valence-electron chi connectivity index (χ3n) is 7.42. The number of rotatable bonds is 25. The Kier molecular flexibility index (Phi) is 26.6. The lowest BCUT2D eigenvalue weighted by molar-refractivity contribution is -0.174. The first-order chi connectivity index (χ1) is 20.7. The Hall–Kier alpha value is -2.55. The van der Waals surface area contributed by atoms with E-state index >= 15 is 0 Å². The number of amides is 2. The number of carbonyl (C=O) groups excluding carboxylic acids is 3. The largest absolute Gasteiger partial charge is 0.390 e. The molecule has 0 rings (SSSR count). The summed E-state index contributed by atoms with van der Waals surface area (Å²) in [7, 11) is 3.79. The first kappa shape index (κ1) is 43.6. The Morgan fingerprint density at radius 1 is 0.886 bits per heavy atom. The summed E-state index contributed by atoms with van der Waals surface area (Å²) in [5, 5.41) is 45.9. The molecular weight excluding hydrogens is 568 g/mol. The van der Waals surface area contributed by atoms with Crippen LogP contribution in [-0.4, -0.2) is 119 Å². The molecule has 0 aromatic heterocycles. The minimum absolute atomic E-state index is 0.0802. The highest BCUT2D eigenvalue weighted by atomic mass is 16.5. The SMILES string of the molecule is C=C(CCC(=O)N(O)CC(O)C(O)CCNC)NCCC(C)C(C)CN(C)C(=C)C.NCCCCCN(O)C(=O)CCC=O. The number of unbranched alkanes of at least 4 members (excludes halogenated alkanes) is 2. The number of nitrogens with two attached hydrogens (primary N) is 1. The van der Waals surface area contributed by atoms with Crippen molar-refractivity contribution in [3.63, 3.8) is 0 Å². The van der Waals surface area contributed by atoms with Crippen LogP contribution in [-0.2, 0) is 14.4 Å². The molecule has 0 fully saturated rings. The molecule has 13 heteroatoms. The van der Waals surface area contributed by atoms with Crippen molar-refractivity contribution in [3.8, 4) is 0 Å². The fraction of sp³-hybridized carbons (Fsp3) is 0.774. The van der Waals surface area contributed by atoms with E-state index in [0.717, 1.165) is 50.2 Å². The first-order valence-electron chi connectivity index (χ1n) is 15.6. The zero-order valence-corrected chi connectivity index (χ0v) is 27.8. The monoisotopic (exact) mass is 630 g/mol. The number of nitrogens with zero attached hydrogens (tertiary/aromatic N) is 3. The topological polar surface area (TPSA) is 192 Å². The third-order valence-corrected chi connectivity index (χ3v) is 7.42. The van der Waals surface area contributed by atoms with Crippen LogP contribution < -0.4 is 16.4 Å². The summed E-state index contributed by atoms with van der Waals surface area (Å²) in [6, 6.07) is 0. The molecule has 0 aliphatic carbocycles. The lowest BCUT2D eigenvalue weighted by atomic mass is 9.92. The number of carbonyl (C=O) groups is 3. The lowest BCUT2D eigenvalue weighted by Crippen LogP contribution is -2.41. The Labute approximate surface area is 265 Å². The van der Waals surface area contributed by atoms with Gasteiger partial charge in [0.2, 0.25) is 11.8 Å². The molecule has 13 nitrogen and oxygen atoms in total. The average molecular weight is 631 g/mol. The van der Waals surface area contributed by atoms with Crippen LogP contribution >= 0.6 is 0 Å². The fourth-order valence-electron chi connectivity index (χ4n) is 3.91. The van der Waals surface area contributed by atoms with E-state index in [4.69, 9.17) is 5.73 Å². The molecule has 44 heavy (non-hydrogen) atoms. The zero-order chi connectivity index (χ0) is 34.1. The summed E-state index contributed by atoms with van der Waals surface area (Å²) in [4.78, 5) is 35.2. The Morgan fingerprint density at radius 2 is 1.52 bits per heavy atom. The van der Waals surface area contributed by atoms with Crippen molar-refractivity contribution in [1.82, 2.24) is 25.7 Å². The molecule has 2 amide bonds. The highest BCUT2D eigenvalue weighted by molar-refractivity contribution is 5.77. The number of nitrogens with one attached hydrogen (secondary N) is 2.